The van der Waals surface area contributed by atoms with Gasteiger partial charge < -0.3 is 14.0 Å². The van der Waals surface area contributed by atoms with E-state index in [1.807, 2.05) is 19.1 Å². The van der Waals surface area contributed by atoms with Crippen LogP contribution in [0.2, 0.25) is 0 Å². The van der Waals surface area contributed by atoms with Crippen LogP contribution in [0.4, 0.5) is 5.82 Å². The third kappa shape index (κ3) is 3.11. The van der Waals surface area contributed by atoms with Crippen LogP contribution in [0, 0.1) is 20.8 Å². The molecule has 0 aliphatic carbocycles. The molecular formula is C16H21N7O3S. The third-order valence-electron chi connectivity index (χ3n) is 4.75. The Balaban J connectivity index is 1.56. The zero-order valence-corrected chi connectivity index (χ0v) is 16.3. The summed E-state index contributed by atoms with van der Waals surface area (Å²) in [4.78, 5) is 2.26. The first-order chi connectivity index (χ1) is 12.9. The van der Waals surface area contributed by atoms with Crippen LogP contribution in [0.3, 0.4) is 0 Å². The predicted octanol–water partition coefficient (Wildman–Crippen LogP) is 1.15. The predicted molar refractivity (Wildman–Crippen MR) is 97.0 cm³/mol. The van der Waals surface area contributed by atoms with E-state index in [0.717, 1.165) is 5.82 Å². The molecule has 0 bridgehead atoms. The quantitative estimate of drug-likeness (QED) is 0.611. The van der Waals surface area contributed by atoms with Crippen LogP contribution in [-0.2, 0) is 14.6 Å². The molecular weight excluding hydrogens is 370 g/mol. The molecule has 144 valence electrons. The normalized spacial score (nSPS) is 18.6. The van der Waals surface area contributed by atoms with Gasteiger partial charge in [0, 0.05) is 26.6 Å². The molecule has 27 heavy (non-hydrogen) atoms. The SMILES string of the molecule is Cc1noc(C)c1[S+](=O)([O-])N1CCCN(c2ccc3nnc(C)n3n2)CC1. The van der Waals surface area contributed by atoms with E-state index in [-0.39, 0.29) is 4.90 Å². The van der Waals surface area contributed by atoms with Gasteiger partial charge in [-0.1, -0.05) is 9.37 Å². The summed E-state index contributed by atoms with van der Waals surface area (Å²) in [5.74, 6) is 1.81. The fraction of sp³-hybridized carbons (Fsp3) is 0.500. The highest BCUT2D eigenvalue weighted by molar-refractivity contribution is 7.95. The molecule has 0 spiro atoms. The largest absolute Gasteiger partial charge is 0.593 e. The van der Waals surface area contributed by atoms with E-state index in [9.17, 15) is 8.76 Å². The lowest BCUT2D eigenvalue weighted by molar-refractivity contribution is 0.362. The van der Waals surface area contributed by atoms with Gasteiger partial charge in [0.15, 0.2) is 27.6 Å². The highest BCUT2D eigenvalue weighted by atomic mass is 32.3. The molecule has 4 rings (SSSR count). The first-order valence-corrected chi connectivity index (χ1v) is 10.2. The summed E-state index contributed by atoms with van der Waals surface area (Å²) < 4.78 is 34.3. The number of fused-ring (bicyclic) bond motifs is 1. The number of rotatable bonds is 3. The number of aromatic nitrogens is 5. The third-order valence-corrected chi connectivity index (χ3v) is 6.89. The fourth-order valence-electron chi connectivity index (χ4n) is 3.39. The van der Waals surface area contributed by atoms with Gasteiger partial charge in [-0.15, -0.1) is 19.6 Å². The Labute approximate surface area is 157 Å². The van der Waals surface area contributed by atoms with Gasteiger partial charge in [-0.25, -0.2) is 0 Å². The molecule has 11 heteroatoms. The molecule has 4 heterocycles. The van der Waals surface area contributed by atoms with E-state index >= 15 is 0 Å². The molecule has 10 nitrogen and oxygen atoms in total. The first kappa shape index (κ1) is 18.0. The summed E-state index contributed by atoms with van der Waals surface area (Å²) in [6, 6.07) is 3.76. The lowest BCUT2D eigenvalue weighted by Gasteiger charge is -2.26. The smallest absolute Gasteiger partial charge is 0.240 e. The van der Waals surface area contributed by atoms with E-state index < -0.39 is 10.4 Å². The molecule has 0 saturated carbocycles. The summed E-state index contributed by atoms with van der Waals surface area (Å²) in [5, 5.41) is 16.4. The Morgan fingerprint density at radius 3 is 2.67 bits per heavy atom. The summed E-state index contributed by atoms with van der Waals surface area (Å²) in [7, 11) is -3.64. The van der Waals surface area contributed by atoms with Crippen LogP contribution in [0.15, 0.2) is 21.6 Å². The first-order valence-electron chi connectivity index (χ1n) is 8.75. The van der Waals surface area contributed by atoms with Crippen molar-refractivity contribution in [2.45, 2.75) is 32.1 Å². The fourth-order valence-corrected chi connectivity index (χ4v) is 5.15. The lowest BCUT2D eigenvalue weighted by atomic mass is 10.4. The van der Waals surface area contributed by atoms with Crippen LogP contribution in [0.1, 0.15) is 23.7 Å². The topological polar surface area (TPSA) is 116 Å². The standard InChI is InChI=1S/C16H21N7O3S/c1-11-16(12(2)26-20-11)27(24,25)22-8-4-7-21(9-10-22)15-6-5-14-18-17-13(3)23(14)19-15/h5-6H,4,7-10H2,1-3H3. The number of aryl methyl sites for hydroxylation is 3. The van der Waals surface area contributed by atoms with Gasteiger partial charge in [0.05, 0.1) is 6.54 Å². The summed E-state index contributed by atoms with van der Waals surface area (Å²) >= 11 is 0. The number of anilines is 1. The van der Waals surface area contributed by atoms with Crippen molar-refractivity contribution >= 4 is 21.9 Å². The molecule has 1 saturated heterocycles. The van der Waals surface area contributed by atoms with E-state index in [1.165, 1.54) is 4.31 Å². The second-order valence-electron chi connectivity index (χ2n) is 6.61. The number of nitrogens with zero attached hydrogens (tertiary/aromatic N) is 7. The van der Waals surface area contributed by atoms with Crippen molar-refractivity contribution in [3.05, 3.63) is 29.4 Å². The molecule has 0 amide bonds. The average molecular weight is 391 g/mol. The second kappa shape index (κ2) is 6.66. The van der Waals surface area contributed by atoms with Crippen LogP contribution >= 0.6 is 0 Å². The van der Waals surface area contributed by atoms with Gasteiger partial charge >= 0.3 is 0 Å². The molecule has 1 fully saturated rings. The van der Waals surface area contributed by atoms with Crippen molar-refractivity contribution in [3.8, 4) is 0 Å². The van der Waals surface area contributed by atoms with Crippen LogP contribution in [0.5, 0.6) is 0 Å². The van der Waals surface area contributed by atoms with Crippen molar-refractivity contribution in [1.82, 2.24) is 29.3 Å². The van der Waals surface area contributed by atoms with E-state index in [2.05, 4.69) is 25.4 Å². The number of hydrogen-bond acceptors (Lipinski definition) is 8. The van der Waals surface area contributed by atoms with Crippen molar-refractivity contribution in [2.24, 2.45) is 0 Å². The van der Waals surface area contributed by atoms with Crippen molar-refractivity contribution < 1.29 is 13.3 Å². The summed E-state index contributed by atoms with van der Waals surface area (Å²) in [6.07, 6.45) is 0.698. The molecule has 0 N–H and O–H groups in total. The Bertz CT molecular complexity index is 1010. The van der Waals surface area contributed by atoms with Crippen molar-refractivity contribution in [1.29, 1.82) is 0 Å². The van der Waals surface area contributed by atoms with E-state index in [0.29, 0.717) is 55.5 Å². The Morgan fingerprint density at radius 2 is 1.93 bits per heavy atom. The molecule has 0 aromatic carbocycles. The minimum Gasteiger partial charge on any atom is -0.593 e. The highest BCUT2D eigenvalue weighted by Crippen LogP contribution is 2.29. The maximum Gasteiger partial charge on any atom is 0.240 e. The maximum atomic E-state index is 13.0. The summed E-state index contributed by atoms with van der Waals surface area (Å²) in [6.45, 7) is 7.18. The van der Waals surface area contributed by atoms with Crippen molar-refractivity contribution in [3.63, 3.8) is 0 Å². The van der Waals surface area contributed by atoms with E-state index in [4.69, 9.17) is 4.52 Å². The van der Waals surface area contributed by atoms with Crippen LogP contribution in [0.25, 0.3) is 5.65 Å². The molecule has 1 aliphatic rings. The molecule has 0 radical (unpaired) electrons. The molecule has 1 unspecified atom stereocenters. The van der Waals surface area contributed by atoms with Crippen LogP contribution < -0.4 is 4.90 Å². The monoisotopic (exact) mass is 391 g/mol. The Hall–Kier alpha value is -2.37. The van der Waals surface area contributed by atoms with Gasteiger partial charge in [0.1, 0.15) is 11.5 Å². The van der Waals surface area contributed by atoms with Gasteiger partial charge in [0.25, 0.3) is 0 Å². The van der Waals surface area contributed by atoms with Gasteiger partial charge in [-0.3, -0.25) is 0 Å². The molecule has 1 aliphatic heterocycles. The molecule has 3 aromatic heterocycles. The van der Waals surface area contributed by atoms with Gasteiger partial charge in [0.2, 0.25) is 4.90 Å². The molecule has 3 aromatic rings. The van der Waals surface area contributed by atoms with Gasteiger partial charge in [-0.05, 0) is 32.4 Å². The highest BCUT2D eigenvalue weighted by Gasteiger charge is 2.37. The Morgan fingerprint density at radius 1 is 1.11 bits per heavy atom. The number of sulfonamides is 1. The van der Waals surface area contributed by atoms with Gasteiger partial charge in [-0.2, -0.15) is 4.52 Å². The van der Waals surface area contributed by atoms with Crippen molar-refractivity contribution in [2.75, 3.05) is 31.1 Å². The minimum atomic E-state index is -3.64. The lowest BCUT2D eigenvalue weighted by Crippen LogP contribution is -2.40. The molecule has 1 atom stereocenters. The minimum absolute atomic E-state index is 0.176. The number of hydrogen-bond donors (Lipinski definition) is 0. The zero-order valence-electron chi connectivity index (χ0n) is 15.5. The zero-order chi connectivity index (χ0) is 19.2. The maximum absolute atomic E-state index is 13.0. The summed E-state index contributed by atoms with van der Waals surface area (Å²) in [5.41, 5.74) is 1.08. The Kier molecular flexibility index (Phi) is 4.44. The van der Waals surface area contributed by atoms with E-state index in [1.54, 1.807) is 18.4 Å². The van der Waals surface area contributed by atoms with Crippen LogP contribution in [-0.4, -0.2) is 60.0 Å². The average Bonchev–Trinajstić information content (AvgIpc) is 3.06. The second-order valence-corrected chi connectivity index (χ2v) is 8.48.